The van der Waals surface area contributed by atoms with Gasteiger partial charge in [0.05, 0.1) is 6.42 Å². The summed E-state index contributed by atoms with van der Waals surface area (Å²) in [5, 5.41) is 8.38. The number of piperidine rings is 1. The van der Waals surface area contributed by atoms with Crippen molar-refractivity contribution in [2.45, 2.75) is 45.4 Å². The van der Waals surface area contributed by atoms with Gasteiger partial charge < -0.3 is 4.90 Å². The lowest BCUT2D eigenvalue weighted by Crippen LogP contribution is -2.40. The third kappa shape index (κ3) is 4.70. The number of likely N-dealkylation sites (tertiary alicyclic amines) is 1. The smallest absolute Gasteiger partial charge is 0.228 e. The number of carbonyl (C=O) groups excluding carboxylic acids is 1. The van der Waals surface area contributed by atoms with Gasteiger partial charge >= 0.3 is 0 Å². The molecule has 0 aliphatic carbocycles. The second kappa shape index (κ2) is 8.96. The van der Waals surface area contributed by atoms with Gasteiger partial charge in [0.25, 0.3) is 0 Å². The lowest BCUT2D eigenvalue weighted by molar-refractivity contribution is -0.131. The van der Waals surface area contributed by atoms with Crippen molar-refractivity contribution in [3.05, 3.63) is 75.3 Å². The van der Waals surface area contributed by atoms with Crippen LogP contribution in [0.1, 0.15) is 52.7 Å². The van der Waals surface area contributed by atoms with Gasteiger partial charge in [-0.25, -0.2) is 4.63 Å². The molecule has 1 aliphatic rings. The van der Waals surface area contributed by atoms with Gasteiger partial charge in [-0.05, 0) is 62.4 Å². The number of halogens is 1. The quantitative estimate of drug-likeness (QED) is 0.611. The molecule has 7 heteroatoms. The summed E-state index contributed by atoms with van der Waals surface area (Å²) in [5.74, 6) is 0.284. The second-order valence-electron chi connectivity index (χ2n) is 7.96. The molecule has 156 valence electrons. The summed E-state index contributed by atoms with van der Waals surface area (Å²) in [5.41, 5.74) is 5.61. The number of hydrogen-bond acceptors (Lipinski definition) is 5. The Morgan fingerprint density at radius 1 is 1.23 bits per heavy atom. The van der Waals surface area contributed by atoms with Crippen molar-refractivity contribution in [1.29, 1.82) is 0 Å². The Labute approximate surface area is 181 Å². The molecule has 3 heterocycles. The van der Waals surface area contributed by atoms with Crippen LogP contribution >= 0.6 is 11.6 Å². The van der Waals surface area contributed by atoms with Crippen LogP contribution in [0, 0.1) is 13.8 Å². The van der Waals surface area contributed by atoms with E-state index < -0.39 is 0 Å². The maximum Gasteiger partial charge on any atom is 0.228 e. The zero-order chi connectivity index (χ0) is 21.1. The van der Waals surface area contributed by atoms with Crippen molar-refractivity contribution in [2.24, 2.45) is 0 Å². The Hall–Kier alpha value is -2.73. The molecule has 1 aliphatic heterocycles. The maximum atomic E-state index is 12.8. The number of amides is 1. The summed E-state index contributed by atoms with van der Waals surface area (Å²) < 4.78 is 4.72. The molecule has 1 atom stereocenters. The number of aryl methyl sites for hydroxylation is 2. The number of carbonyl (C=O) groups is 1. The summed E-state index contributed by atoms with van der Waals surface area (Å²) >= 11 is 6.35. The van der Waals surface area contributed by atoms with Crippen LogP contribution in [0.25, 0.3) is 0 Å². The lowest BCUT2D eigenvalue weighted by atomic mass is 9.92. The molecule has 1 aromatic carbocycles. The second-order valence-corrected chi connectivity index (χ2v) is 8.37. The summed E-state index contributed by atoms with van der Waals surface area (Å²) in [6.07, 6.45) is 2.98. The van der Waals surface area contributed by atoms with Crippen molar-refractivity contribution in [3.63, 3.8) is 0 Å². The normalized spacial score (nSPS) is 16.6. The van der Waals surface area contributed by atoms with Gasteiger partial charge in [-0.15, -0.1) is 0 Å². The van der Waals surface area contributed by atoms with Crippen LogP contribution in [0.2, 0.25) is 5.02 Å². The van der Waals surface area contributed by atoms with E-state index in [0.29, 0.717) is 17.9 Å². The van der Waals surface area contributed by atoms with Crippen LogP contribution in [0.15, 0.2) is 41.0 Å². The maximum absolute atomic E-state index is 12.8. The molecule has 0 saturated carbocycles. The number of pyridine rings is 1. The predicted molar refractivity (Wildman–Crippen MR) is 115 cm³/mol. The van der Waals surface area contributed by atoms with E-state index in [0.717, 1.165) is 47.8 Å². The topological polar surface area (TPSA) is 72.1 Å². The third-order valence-electron chi connectivity index (χ3n) is 5.64. The average molecular weight is 425 g/mol. The van der Waals surface area contributed by atoms with Gasteiger partial charge in [0.15, 0.2) is 0 Å². The molecule has 1 fully saturated rings. The van der Waals surface area contributed by atoms with Gasteiger partial charge in [0.2, 0.25) is 5.91 Å². The zero-order valence-corrected chi connectivity index (χ0v) is 18.0. The average Bonchev–Trinajstić information content (AvgIpc) is 3.14. The summed E-state index contributed by atoms with van der Waals surface area (Å²) in [7, 11) is 0. The van der Waals surface area contributed by atoms with E-state index in [1.807, 2.05) is 30.0 Å². The molecule has 0 radical (unpaired) electrons. The van der Waals surface area contributed by atoms with Crippen molar-refractivity contribution in [2.75, 3.05) is 13.1 Å². The molecule has 3 aromatic rings. The van der Waals surface area contributed by atoms with Crippen molar-refractivity contribution >= 4 is 17.5 Å². The number of nitrogens with zero attached hydrogens (tertiary/aromatic N) is 4. The first-order valence-electron chi connectivity index (χ1n) is 10.3. The van der Waals surface area contributed by atoms with E-state index in [4.69, 9.17) is 21.2 Å². The fourth-order valence-electron chi connectivity index (χ4n) is 4.05. The third-order valence-corrected chi connectivity index (χ3v) is 6.01. The summed E-state index contributed by atoms with van der Waals surface area (Å²) in [6.45, 7) is 5.25. The highest BCUT2D eigenvalue weighted by molar-refractivity contribution is 6.31. The van der Waals surface area contributed by atoms with E-state index in [9.17, 15) is 4.79 Å². The van der Waals surface area contributed by atoms with Gasteiger partial charge in [-0.2, -0.15) is 0 Å². The van der Waals surface area contributed by atoms with E-state index in [1.165, 1.54) is 5.56 Å². The van der Waals surface area contributed by atoms with Crippen LogP contribution in [-0.4, -0.2) is 39.2 Å². The minimum Gasteiger partial charge on any atom is -0.342 e. The van der Waals surface area contributed by atoms with Gasteiger partial charge in [0.1, 0.15) is 11.4 Å². The van der Waals surface area contributed by atoms with E-state index >= 15 is 0 Å². The van der Waals surface area contributed by atoms with Gasteiger partial charge in [-0.3, -0.25) is 9.78 Å². The molecule has 2 aromatic heterocycles. The SMILES string of the molecule is Cc1cc(Cc2ccccc2Cl)cc([C@H]2CCCN(C(=O)Cc3nonc3C)C2)n1. The van der Waals surface area contributed by atoms with E-state index in [1.54, 1.807) is 6.92 Å². The highest BCUT2D eigenvalue weighted by Gasteiger charge is 2.27. The fraction of sp³-hybridized carbons (Fsp3) is 0.391. The standard InChI is InChI=1S/C23H25ClN4O2/c1-15-10-17(11-18-6-3-4-8-20(18)24)12-22(25-15)19-7-5-9-28(14-19)23(29)13-21-16(2)26-30-27-21/h3-4,6,8,10,12,19H,5,7,9,11,13-14H2,1-2H3/t19-/m0/s1. The first-order chi connectivity index (χ1) is 14.5. The largest absolute Gasteiger partial charge is 0.342 e. The molecule has 1 saturated heterocycles. The van der Waals surface area contributed by atoms with E-state index in [-0.39, 0.29) is 18.2 Å². The molecule has 4 rings (SSSR count). The number of rotatable bonds is 5. The van der Waals surface area contributed by atoms with Gasteiger partial charge in [0, 0.05) is 35.4 Å². The molecule has 0 N–H and O–H groups in total. The minimum atomic E-state index is 0.0578. The number of aromatic nitrogens is 3. The lowest BCUT2D eigenvalue weighted by Gasteiger charge is -2.32. The Kier molecular flexibility index (Phi) is 6.13. The highest BCUT2D eigenvalue weighted by Crippen LogP contribution is 2.28. The van der Waals surface area contributed by atoms with E-state index in [2.05, 4.69) is 28.5 Å². The first kappa shape index (κ1) is 20.5. The molecular weight excluding hydrogens is 400 g/mol. The number of hydrogen-bond donors (Lipinski definition) is 0. The number of benzene rings is 1. The summed E-state index contributed by atoms with van der Waals surface area (Å²) in [6, 6.07) is 12.2. The predicted octanol–water partition coefficient (Wildman–Crippen LogP) is 4.27. The van der Waals surface area contributed by atoms with Crippen LogP contribution < -0.4 is 0 Å². The molecule has 6 nitrogen and oxygen atoms in total. The zero-order valence-electron chi connectivity index (χ0n) is 17.3. The Bertz CT molecular complexity index is 1050. The molecule has 0 spiro atoms. The molecule has 1 amide bonds. The van der Waals surface area contributed by atoms with Crippen molar-refractivity contribution < 1.29 is 9.42 Å². The van der Waals surface area contributed by atoms with Crippen LogP contribution in [0.3, 0.4) is 0 Å². The molecular formula is C23H25ClN4O2. The fourth-order valence-corrected chi connectivity index (χ4v) is 4.25. The first-order valence-corrected chi connectivity index (χ1v) is 10.6. The van der Waals surface area contributed by atoms with Crippen LogP contribution in [0.5, 0.6) is 0 Å². The van der Waals surface area contributed by atoms with Crippen molar-refractivity contribution in [3.8, 4) is 0 Å². The minimum absolute atomic E-state index is 0.0578. The molecule has 30 heavy (non-hydrogen) atoms. The highest BCUT2D eigenvalue weighted by atomic mass is 35.5. The van der Waals surface area contributed by atoms with Gasteiger partial charge in [-0.1, -0.05) is 40.1 Å². The molecule has 0 unspecified atom stereocenters. The Morgan fingerprint density at radius 3 is 2.83 bits per heavy atom. The molecule has 0 bridgehead atoms. The van der Waals surface area contributed by atoms with Crippen molar-refractivity contribution in [1.82, 2.24) is 20.2 Å². The Balaban J connectivity index is 1.49. The van der Waals surface area contributed by atoms with Crippen LogP contribution in [0.4, 0.5) is 0 Å². The van der Waals surface area contributed by atoms with Crippen LogP contribution in [-0.2, 0) is 17.6 Å². The Morgan fingerprint density at radius 2 is 2.07 bits per heavy atom. The monoisotopic (exact) mass is 424 g/mol. The summed E-state index contributed by atoms with van der Waals surface area (Å²) in [4.78, 5) is 19.5.